The van der Waals surface area contributed by atoms with Crippen LogP contribution in [0.1, 0.15) is 29.0 Å². The van der Waals surface area contributed by atoms with Crippen molar-refractivity contribution in [2.75, 3.05) is 13.1 Å². The van der Waals surface area contributed by atoms with Gasteiger partial charge in [0.25, 0.3) is 5.91 Å². The number of rotatable bonds is 2. The summed E-state index contributed by atoms with van der Waals surface area (Å²) in [6.45, 7) is 1.24. The Kier molecular flexibility index (Phi) is 4.16. The van der Waals surface area contributed by atoms with E-state index >= 15 is 0 Å². The van der Waals surface area contributed by atoms with Crippen molar-refractivity contribution in [1.82, 2.24) is 14.9 Å². The molecule has 2 aromatic carbocycles. The monoisotopic (exact) mass is 351 g/mol. The molecule has 0 radical (unpaired) electrons. The Morgan fingerprint density at radius 2 is 1.88 bits per heavy atom. The third kappa shape index (κ3) is 3.31. The normalized spacial score (nSPS) is 14.7. The zero-order chi connectivity index (χ0) is 18.1. The topological polar surface area (TPSA) is 69.2 Å². The number of H-pyrrole nitrogens is 1. The van der Waals surface area contributed by atoms with Crippen LogP contribution >= 0.6 is 0 Å². The van der Waals surface area contributed by atoms with Gasteiger partial charge in [0, 0.05) is 19.2 Å². The van der Waals surface area contributed by atoms with Crippen LogP contribution in [-0.2, 0) is 0 Å². The second kappa shape index (κ2) is 6.63. The van der Waals surface area contributed by atoms with Gasteiger partial charge in [-0.2, -0.15) is 0 Å². The molecular weight excluding hydrogens is 333 g/mol. The molecular formula is C20H18FN3O2. The highest BCUT2D eigenvalue weighted by atomic mass is 19.1. The first kappa shape index (κ1) is 16.3. The van der Waals surface area contributed by atoms with E-state index in [2.05, 4.69) is 16.0 Å². The Hall–Kier alpha value is -3.15. The molecule has 1 amide bonds. The summed E-state index contributed by atoms with van der Waals surface area (Å²) in [7, 11) is 0. The second-order valence-electron chi connectivity index (χ2n) is 6.43. The Balaban J connectivity index is 1.45. The van der Waals surface area contributed by atoms with E-state index in [1.807, 2.05) is 0 Å². The van der Waals surface area contributed by atoms with Crippen LogP contribution in [0.4, 0.5) is 4.39 Å². The predicted molar refractivity (Wildman–Crippen MR) is 97.3 cm³/mol. The van der Waals surface area contributed by atoms with Crippen LogP contribution in [0.2, 0.25) is 0 Å². The summed E-state index contributed by atoms with van der Waals surface area (Å²) >= 11 is 0. The lowest BCUT2D eigenvalue weighted by molar-refractivity contribution is 0.0733. The van der Waals surface area contributed by atoms with Crippen molar-refractivity contribution in [2.45, 2.75) is 12.8 Å². The first-order valence-electron chi connectivity index (χ1n) is 8.51. The maximum atomic E-state index is 13.0. The third-order valence-electron chi connectivity index (χ3n) is 4.60. The molecule has 26 heavy (non-hydrogen) atoms. The van der Waals surface area contributed by atoms with Gasteiger partial charge in [0.1, 0.15) is 11.6 Å². The number of piperidine rings is 1. The van der Waals surface area contributed by atoms with Gasteiger partial charge >= 0.3 is 0 Å². The highest BCUT2D eigenvalue weighted by Gasteiger charge is 2.22. The molecule has 2 N–H and O–H groups in total. The minimum absolute atomic E-state index is 0.133. The standard InChI is InChI=1S/C20H18FN3O2/c21-15-3-1-13(2-4-15)11-14-7-9-24(10-8-14)20(26)19-22-17-6-5-16(25)12-18(17)23-19/h1-6,11-12,25H,7-10H2,(H,22,23). The molecule has 3 aromatic rings. The molecule has 0 atom stereocenters. The summed E-state index contributed by atoms with van der Waals surface area (Å²) in [5, 5.41) is 9.52. The molecule has 0 spiro atoms. The number of phenols is 1. The molecule has 132 valence electrons. The molecule has 0 saturated carbocycles. The van der Waals surface area contributed by atoms with E-state index in [1.165, 1.54) is 17.7 Å². The van der Waals surface area contributed by atoms with Crippen molar-refractivity contribution in [3.8, 4) is 5.75 Å². The number of halogens is 1. The fraction of sp³-hybridized carbons (Fsp3) is 0.200. The van der Waals surface area contributed by atoms with E-state index < -0.39 is 0 Å². The van der Waals surface area contributed by atoms with E-state index in [1.54, 1.807) is 35.2 Å². The number of imidazole rings is 1. The number of carbonyl (C=O) groups excluding carboxylic acids is 1. The lowest BCUT2D eigenvalue weighted by atomic mass is 10.0. The molecule has 0 unspecified atom stereocenters. The van der Waals surface area contributed by atoms with Crippen LogP contribution in [-0.4, -0.2) is 39.0 Å². The van der Waals surface area contributed by atoms with Crippen LogP contribution in [0, 0.1) is 5.82 Å². The van der Waals surface area contributed by atoms with Crippen molar-refractivity contribution in [3.63, 3.8) is 0 Å². The number of aromatic hydroxyl groups is 1. The van der Waals surface area contributed by atoms with E-state index in [-0.39, 0.29) is 23.3 Å². The van der Waals surface area contributed by atoms with Crippen molar-refractivity contribution in [1.29, 1.82) is 0 Å². The average Bonchev–Trinajstić information content (AvgIpc) is 3.07. The molecule has 0 bridgehead atoms. The summed E-state index contributed by atoms with van der Waals surface area (Å²) in [6.07, 6.45) is 3.62. The van der Waals surface area contributed by atoms with Gasteiger partial charge in [-0.25, -0.2) is 9.37 Å². The number of benzene rings is 2. The van der Waals surface area contributed by atoms with Crippen LogP contribution in [0.5, 0.6) is 5.75 Å². The first-order valence-corrected chi connectivity index (χ1v) is 8.51. The van der Waals surface area contributed by atoms with Crippen molar-refractivity contribution in [3.05, 3.63) is 65.2 Å². The van der Waals surface area contributed by atoms with Crippen LogP contribution in [0.3, 0.4) is 0 Å². The molecule has 1 aliphatic rings. The maximum Gasteiger partial charge on any atom is 0.289 e. The Bertz CT molecular complexity index is 982. The molecule has 2 heterocycles. The van der Waals surface area contributed by atoms with Gasteiger partial charge in [-0.15, -0.1) is 0 Å². The number of hydrogen-bond acceptors (Lipinski definition) is 3. The van der Waals surface area contributed by atoms with Gasteiger partial charge in [0.05, 0.1) is 11.0 Å². The summed E-state index contributed by atoms with van der Waals surface area (Å²) in [6, 6.07) is 11.2. The largest absolute Gasteiger partial charge is 0.508 e. The average molecular weight is 351 g/mol. The lowest BCUT2D eigenvalue weighted by Gasteiger charge is -2.27. The number of likely N-dealkylation sites (tertiary alicyclic amines) is 1. The first-order chi connectivity index (χ1) is 12.6. The van der Waals surface area contributed by atoms with Crippen LogP contribution < -0.4 is 0 Å². The van der Waals surface area contributed by atoms with Crippen molar-refractivity contribution >= 4 is 23.0 Å². The Morgan fingerprint density at radius 3 is 2.62 bits per heavy atom. The van der Waals surface area contributed by atoms with Crippen LogP contribution in [0.15, 0.2) is 48.0 Å². The minimum atomic E-state index is -0.244. The molecule has 1 aliphatic heterocycles. The number of carbonyl (C=O) groups is 1. The van der Waals surface area contributed by atoms with E-state index in [9.17, 15) is 14.3 Å². The number of aromatic amines is 1. The summed E-state index contributed by atoms with van der Waals surface area (Å²) in [5.41, 5.74) is 3.51. The number of hydrogen-bond donors (Lipinski definition) is 2. The number of nitrogens with zero attached hydrogens (tertiary/aromatic N) is 2. The highest BCUT2D eigenvalue weighted by molar-refractivity contribution is 5.94. The zero-order valence-corrected chi connectivity index (χ0v) is 14.1. The number of fused-ring (bicyclic) bond motifs is 1. The van der Waals surface area contributed by atoms with Crippen molar-refractivity contribution in [2.24, 2.45) is 0 Å². The van der Waals surface area contributed by atoms with Crippen LogP contribution in [0.25, 0.3) is 17.1 Å². The quantitative estimate of drug-likeness (QED) is 0.739. The van der Waals surface area contributed by atoms with E-state index in [0.29, 0.717) is 24.1 Å². The summed E-state index contributed by atoms with van der Waals surface area (Å²) in [5.74, 6) is 0.0403. The van der Waals surface area contributed by atoms with Gasteiger partial charge < -0.3 is 15.0 Å². The number of nitrogens with one attached hydrogen (secondary N) is 1. The lowest BCUT2D eigenvalue weighted by Crippen LogP contribution is -2.36. The van der Waals surface area contributed by atoms with Gasteiger partial charge in [0.2, 0.25) is 0 Å². The third-order valence-corrected chi connectivity index (χ3v) is 4.60. The molecule has 1 saturated heterocycles. The summed E-state index contributed by atoms with van der Waals surface area (Å²) in [4.78, 5) is 21.7. The highest BCUT2D eigenvalue weighted by Crippen LogP contribution is 2.22. The van der Waals surface area contributed by atoms with Gasteiger partial charge in [-0.3, -0.25) is 4.79 Å². The smallest absolute Gasteiger partial charge is 0.289 e. The SMILES string of the molecule is O=C(c1nc2ccc(O)cc2[nH]1)N1CCC(=Cc2ccc(F)cc2)CC1. The Labute approximate surface area is 149 Å². The van der Waals surface area contributed by atoms with Gasteiger partial charge in [0.15, 0.2) is 5.82 Å². The fourth-order valence-electron chi connectivity index (χ4n) is 3.18. The molecule has 6 heteroatoms. The maximum absolute atomic E-state index is 13.0. The molecule has 4 rings (SSSR count). The zero-order valence-electron chi connectivity index (χ0n) is 14.1. The number of phenolic OH excluding ortho intramolecular Hbond substituents is 1. The fourth-order valence-corrected chi connectivity index (χ4v) is 3.18. The molecule has 1 fully saturated rings. The molecule has 0 aliphatic carbocycles. The van der Waals surface area contributed by atoms with E-state index in [0.717, 1.165) is 18.4 Å². The number of amides is 1. The number of aromatic nitrogens is 2. The predicted octanol–water partition coefficient (Wildman–Crippen LogP) is 3.73. The van der Waals surface area contributed by atoms with Crippen molar-refractivity contribution < 1.29 is 14.3 Å². The minimum Gasteiger partial charge on any atom is -0.508 e. The van der Waals surface area contributed by atoms with Gasteiger partial charge in [-0.1, -0.05) is 23.8 Å². The Morgan fingerprint density at radius 1 is 1.15 bits per heavy atom. The molecule has 1 aromatic heterocycles. The second-order valence-corrected chi connectivity index (χ2v) is 6.43. The molecule has 5 nitrogen and oxygen atoms in total. The van der Waals surface area contributed by atoms with E-state index in [4.69, 9.17) is 0 Å². The van der Waals surface area contributed by atoms with Gasteiger partial charge in [-0.05, 0) is 42.7 Å². The summed E-state index contributed by atoms with van der Waals surface area (Å²) < 4.78 is 13.0.